The molecule has 0 aromatic carbocycles. The molecule has 1 saturated heterocycles. The predicted octanol–water partition coefficient (Wildman–Crippen LogP) is 1.67. The molecule has 0 bridgehead atoms. The molecule has 0 spiro atoms. The molecule has 1 unspecified atom stereocenters. The number of imidazole rings is 1. The molecule has 3 rings (SSSR count). The van der Waals surface area contributed by atoms with E-state index in [1.807, 2.05) is 23.8 Å². The Balaban J connectivity index is 2.03. The summed E-state index contributed by atoms with van der Waals surface area (Å²) >= 11 is 0. The number of aromatic nitrogens is 3. The van der Waals surface area contributed by atoms with Crippen LogP contribution in [0, 0.1) is 0 Å². The van der Waals surface area contributed by atoms with Crippen molar-refractivity contribution in [2.75, 3.05) is 32.7 Å². The van der Waals surface area contributed by atoms with Gasteiger partial charge in [0.1, 0.15) is 5.82 Å². The molecule has 1 fully saturated rings. The molecule has 6 heteroatoms. The fraction of sp³-hybridized carbons (Fsp3) is 0.538. The summed E-state index contributed by atoms with van der Waals surface area (Å²) in [6.45, 7) is 1.61. The van der Waals surface area contributed by atoms with Crippen molar-refractivity contribution in [3.8, 4) is 5.88 Å². The van der Waals surface area contributed by atoms with Gasteiger partial charge in [-0.2, -0.15) is 4.98 Å². The van der Waals surface area contributed by atoms with Crippen LogP contribution in [0.5, 0.6) is 5.88 Å². The lowest BCUT2D eigenvalue weighted by atomic mass is 9.99. The number of nitrogens with zero attached hydrogens (tertiary/aromatic N) is 3. The monoisotopic (exact) mass is 262 g/mol. The zero-order chi connectivity index (χ0) is 13.2. The van der Waals surface area contributed by atoms with Crippen LogP contribution < -0.4 is 10.1 Å². The molecule has 0 radical (unpaired) electrons. The van der Waals surface area contributed by atoms with Crippen molar-refractivity contribution in [3.05, 3.63) is 18.1 Å². The van der Waals surface area contributed by atoms with Crippen molar-refractivity contribution in [1.29, 1.82) is 0 Å². The second kappa shape index (κ2) is 5.05. The summed E-state index contributed by atoms with van der Waals surface area (Å²) in [6.07, 6.45) is 6.17. The van der Waals surface area contributed by atoms with E-state index in [0.717, 1.165) is 43.2 Å². The van der Waals surface area contributed by atoms with Crippen molar-refractivity contribution in [3.63, 3.8) is 0 Å². The van der Waals surface area contributed by atoms with E-state index in [9.17, 15) is 0 Å². The molecule has 2 aromatic heterocycles. The van der Waals surface area contributed by atoms with E-state index in [4.69, 9.17) is 9.47 Å². The maximum absolute atomic E-state index is 5.53. The van der Waals surface area contributed by atoms with Gasteiger partial charge >= 0.3 is 0 Å². The zero-order valence-electron chi connectivity index (χ0n) is 11.2. The van der Waals surface area contributed by atoms with Gasteiger partial charge in [0.2, 0.25) is 5.65 Å². The van der Waals surface area contributed by atoms with Crippen molar-refractivity contribution < 1.29 is 9.47 Å². The van der Waals surface area contributed by atoms with Crippen molar-refractivity contribution in [2.45, 2.75) is 18.8 Å². The number of anilines is 1. The summed E-state index contributed by atoms with van der Waals surface area (Å²) in [5, 5.41) is 3.02. The maximum atomic E-state index is 5.53. The van der Waals surface area contributed by atoms with Gasteiger partial charge in [0.25, 0.3) is 5.88 Å². The molecular weight excluding hydrogens is 244 g/mol. The lowest BCUT2D eigenvalue weighted by molar-refractivity contribution is 0.0794. The Hall–Kier alpha value is -1.82. The Morgan fingerprint density at radius 3 is 3.00 bits per heavy atom. The van der Waals surface area contributed by atoms with Gasteiger partial charge in [-0.1, -0.05) is 0 Å². The first-order valence-corrected chi connectivity index (χ1v) is 6.51. The Labute approximate surface area is 111 Å². The van der Waals surface area contributed by atoms with Crippen LogP contribution in [0.25, 0.3) is 5.65 Å². The summed E-state index contributed by atoms with van der Waals surface area (Å²) in [7, 11) is 3.44. The zero-order valence-corrected chi connectivity index (χ0v) is 11.2. The summed E-state index contributed by atoms with van der Waals surface area (Å²) in [5.41, 5.74) is 1.80. The standard InChI is InChI=1S/C13H18N4O2/c1-14-11-7-17-6-10(9-4-3-5-19-8-9)15-12(17)13(16-11)18-2/h6-7,9,14H,3-5,8H2,1-2H3. The van der Waals surface area contributed by atoms with Gasteiger partial charge < -0.3 is 14.8 Å². The molecule has 0 saturated carbocycles. The average molecular weight is 262 g/mol. The number of rotatable bonds is 3. The highest BCUT2D eigenvalue weighted by Gasteiger charge is 2.20. The van der Waals surface area contributed by atoms with Crippen LogP contribution in [-0.4, -0.2) is 41.7 Å². The van der Waals surface area contributed by atoms with E-state index < -0.39 is 0 Å². The maximum Gasteiger partial charge on any atom is 0.260 e. The van der Waals surface area contributed by atoms with Crippen LogP contribution in [0.15, 0.2) is 12.4 Å². The van der Waals surface area contributed by atoms with E-state index in [2.05, 4.69) is 15.3 Å². The number of fused-ring (bicyclic) bond motifs is 1. The Morgan fingerprint density at radius 2 is 2.32 bits per heavy atom. The number of hydrogen-bond donors (Lipinski definition) is 1. The SMILES string of the molecule is CNc1cn2cc(C3CCCOC3)nc2c(OC)n1. The molecule has 1 N–H and O–H groups in total. The lowest BCUT2D eigenvalue weighted by Gasteiger charge is -2.19. The van der Waals surface area contributed by atoms with Gasteiger partial charge in [-0.3, -0.25) is 4.40 Å². The second-order valence-corrected chi connectivity index (χ2v) is 4.70. The number of ether oxygens (including phenoxy) is 2. The Bertz CT molecular complexity index is 575. The third-order valence-corrected chi connectivity index (χ3v) is 3.45. The highest BCUT2D eigenvalue weighted by Crippen LogP contribution is 2.27. The van der Waals surface area contributed by atoms with Crippen LogP contribution >= 0.6 is 0 Å². The molecule has 0 amide bonds. The minimum absolute atomic E-state index is 0.372. The molecule has 2 aromatic rings. The molecule has 0 aliphatic carbocycles. The van der Waals surface area contributed by atoms with Gasteiger partial charge in [-0.05, 0) is 12.8 Å². The Kier molecular flexibility index (Phi) is 3.25. The van der Waals surface area contributed by atoms with Gasteiger partial charge in [0.05, 0.1) is 25.6 Å². The van der Waals surface area contributed by atoms with Crippen molar-refractivity contribution >= 4 is 11.5 Å². The molecule has 1 aliphatic rings. The van der Waals surface area contributed by atoms with Gasteiger partial charge in [-0.15, -0.1) is 0 Å². The molecular formula is C13H18N4O2. The van der Waals surface area contributed by atoms with Gasteiger partial charge in [0, 0.05) is 25.8 Å². The molecule has 3 heterocycles. The van der Waals surface area contributed by atoms with E-state index in [-0.39, 0.29) is 0 Å². The third-order valence-electron chi connectivity index (χ3n) is 3.45. The van der Waals surface area contributed by atoms with Crippen LogP contribution in [-0.2, 0) is 4.74 Å². The highest BCUT2D eigenvalue weighted by atomic mass is 16.5. The van der Waals surface area contributed by atoms with Crippen LogP contribution in [0.1, 0.15) is 24.5 Å². The van der Waals surface area contributed by atoms with Crippen molar-refractivity contribution in [1.82, 2.24) is 14.4 Å². The van der Waals surface area contributed by atoms with Crippen LogP contribution in [0.2, 0.25) is 0 Å². The molecule has 19 heavy (non-hydrogen) atoms. The lowest BCUT2D eigenvalue weighted by Crippen LogP contribution is -2.15. The van der Waals surface area contributed by atoms with Crippen LogP contribution in [0.4, 0.5) is 5.82 Å². The smallest absolute Gasteiger partial charge is 0.260 e. The summed E-state index contributed by atoms with van der Waals surface area (Å²) < 4.78 is 12.8. The number of methoxy groups -OCH3 is 1. The van der Waals surface area contributed by atoms with E-state index in [1.54, 1.807) is 7.11 Å². The predicted molar refractivity (Wildman–Crippen MR) is 71.9 cm³/mol. The van der Waals surface area contributed by atoms with Crippen LogP contribution in [0.3, 0.4) is 0 Å². The minimum atomic E-state index is 0.372. The summed E-state index contributed by atoms with van der Waals surface area (Å²) in [6, 6.07) is 0. The summed E-state index contributed by atoms with van der Waals surface area (Å²) in [4.78, 5) is 9.00. The molecule has 1 aliphatic heterocycles. The average Bonchev–Trinajstić information content (AvgIpc) is 2.91. The minimum Gasteiger partial charge on any atom is -0.478 e. The topological polar surface area (TPSA) is 60.7 Å². The van der Waals surface area contributed by atoms with E-state index >= 15 is 0 Å². The van der Waals surface area contributed by atoms with E-state index in [0.29, 0.717) is 11.8 Å². The van der Waals surface area contributed by atoms with E-state index in [1.165, 1.54) is 0 Å². The normalized spacial score (nSPS) is 19.6. The molecule has 6 nitrogen and oxygen atoms in total. The largest absolute Gasteiger partial charge is 0.478 e. The second-order valence-electron chi connectivity index (χ2n) is 4.70. The first kappa shape index (κ1) is 12.2. The fourth-order valence-electron chi connectivity index (χ4n) is 2.42. The fourth-order valence-corrected chi connectivity index (χ4v) is 2.42. The van der Waals surface area contributed by atoms with Gasteiger partial charge in [-0.25, -0.2) is 4.98 Å². The first-order valence-electron chi connectivity index (χ1n) is 6.51. The number of nitrogens with one attached hydrogen (secondary N) is 1. The molecule has 1 atom stereocenters. The van der Waals surface area contributed by atoms with Gasteiger partial charge in [0.15, 0.2) is 0 Å². The first-order chi connectivity index (χ1) is 9.31. The van der Waals surface area contributed by atoms with Crippen molar-refractivity contribution in [2.24, 2.45) is 0 Å². The third kappa shape index (κ3) is 2.23. The highest BCUT2D eigenvalue weighted by molar-refractivity contribution is 5.54. The Morgan fingerprint density at radius 1 is 1.42 bits per heavy atom. The summed E-state index contributed by atoms with van der Waals surface area (Å²) in [5.74, 6) is 1.67. The molecule has 102 valence electrons. The number of hydrogen-bond acceptors (Lipinski definition) is 5. The quantitative estimate of drug-likeness (QED) is 0.911.